The van der Waals surface area contributed by atoms with Crippen molar-refractivity contribution in [2.45, 2.75) is 32.9 Å². The lowest BCUT2D eigenvalue weighted by Gasteiger charge is -2.35. The molecule has 25 heavy (non-hydrogen) atoms. The number of nitrogens with zero attached hydrogens (tertiary/aromatic N) is 3. The van der Waals surface area contributed by atoms with Gasteiger partial charge in [0.25, 0.3) is 0 Å². The summed E-state index contributed by atoms with van der Waals surface area (Å²) in [6.07, 6.45) is 0.394. The number of rotatable bonds is 5. The minimum Gasteiger partial charge on any atom is -0.348 e. The highest BCUT2D eigenvalue weighted by Crippen LogP contribution is 2.21. The molecule has 0 unspecified atom stereocenters. The molecule has 0 saturated carbocycles. The zero-order valence-corrected chi connectivity index (χ0v) is 15.5. The zero-order valence-electron chi connectivity index (χ0n) is 15.5. The molecule has 1 fully saturated rings. The number of benzene rings is 1. The third-order valence-electron chi connectivity index (χ3n) is 4.70. The topological polar surface area (TPSA) is 43.9 Å². The number of amides is 2. The van der Waals surface area contributed by atoms with Crippen molar-refractivity contribution in [3.8, 4) is 0 Å². The molecule has 138 valence electrons. The van der Waals surface area contributed by atoms with Crippen molar-refractivity contribution < 1.29 is 14.0 Å². The molecular formula is C19H28FN3O2. The summed E-state index contributed by atoms with van der Waals surface area (Å²) in [5.41, 5.74) is 0.915. The molecule has 0 N–H and O–H groups in total. The molecule has 0 aliphatic carbocycles. The molecule has 2 amide bonds. The lowest BCUT2D eigenvalue weighted by Crippen LogP contribution is -2.47. The fourth-order valence-electron chi connectivity index (χ4n) is 3.08. The summed E-state index contributed by atoms with van der Waals surface area (Å²) in [5, 5.41) is 0. The second-order valence-corrected chi connectivity index (χ2v) is 7.23. The number of hydrogen-bond donors (Lipinski definition) is 0. The highest BCUT2D eigenvalue weighted by molar-refractivity contribution is 5.79. The van der Waals surface area contributed by atoms with Gasteiger partial charge in [-0.2, -0.15) is 0 Å². The lowest BCUT2D eigenvalue weighted by atomic mass is 10.0. The van der Waals surface area contributed by atoms with Crippen LogP contribution >= 0.6 is 0 Å². The smallest absolute Gasteiger partial charge is 0.236 e. The summed E-state index contributed by atoms with van der Waals surface area (Å²) in [7, 11) is 3.48. The van der Waals surface area contributed by atoms with Crippen LogP contribution in [0.15, 0.2) is 24.3 Å². The molecule has 1 aliphatic heterocycles. The molecule has 1 heterocycles. The molecule has 0 radical (unpaired) electrons. The average Bonchev–Trinajstić information content (AvgIpc) is 2.70. The summed E-state index contributed by atoms with van der Waals surface area (Å²) in [6.45, 7) is 6.23. The van der Waals surface area contributed by atoms with Crippen LogP contribution in [-0.2, 0) is 16.1 Å². The Bertz CT molecular complexity index is 601. The van der Waals surface area contributed by atoms with Crippen LogP contribution in [0.25, 0.3) is 0 Å². The summed E-state index contributed by atoms with van der Waals surface area (Å²) in [6, 6.07) is 6.31. The van der Waals surface area contributed by atoms with E-state index >= 15 is 0 Å². The fraction of sp³-hybridized carbons (Fsp3) is 0.579. The van der Waals surface area contributed by atoms with Gasteiger partial charge in [0.1, 0.15) is 5.82 Å². The van der Waals surface area contributed by atoms with E-state index in [1.807, 2.05) is 4.90 Å². The van der Waals surface area contributed by atoms with Gasteiger partial charge in [-0.15, -0.1) is 0 Å². The lowest BCUT2D eigenvalue weighted by molar-refractivity contribution is -0.134. The van der Waals surface area contributed by atoms with Crippen molar-refractivity contribution in [1.29, 1.82) is 0 Å². The molecule has 1 aromatic rings. The molecule has 0 bridgehead atoms. The Morgan fingerprint density at radius 1 is 1.28 bits per heavy atom. The molecule has 0 spiro atoms. The monoisotopic (exact) mass is 349 g/mol. The first-order valence-corrected chi connectivity index (χ1v) is 8.74. The molecular weight excluding hydrogens is 321 g/mol. The first-order chi connectivity index (χ1) is 11.8. The van der Waals surface area contributed by atoms with Gasteiger partial charge in [-0.25, -0.2) is 4.39 Å². The highest BCUT2D eigenvalue weighted by atomic mass is 19.1. The molecule has 6 heteroatoms. The molecule has 1 atom stereocenters. The maximum absolute atomic E-state index is 13.1. The van der Waals surface area contributed by atoms with Crippen molar-refractivity contribution in [2.24, 2.45) is 5.92 Å². The van der Waals surface area contributed by atoms with E-state index < -0.39 is 0 Å². The maximum atomic E-state index is 13.1. The van der Waals surface area contributed by atoms with Crippen molar-refractivity contribution in [1.82, 2.24) is 14.7 Å². The van der Waals surface area contributed by atoms with Crippen LogP contribution in [0, 0.1) is 11.7 Å². The second-order valence-electron chi connectivity index (χ2n) is 7.23. The van der Waals surface area contributed by atoms with Crippen LogP contribution in [-0.4, -0.2) is 66.3 Å². The Morgan fingerprint density at radius 2 is 1.92 bits per heavy atom. The van der Waals surface area contributed by atoms with E-state index in [0.717, 1.165) is 5.56 Å². The van der Waals surface area contributed by atoms with Crippen molar-refractivity contribution >= 4 is 11.8 Å². The first kappa shape index (κ1) is 19.4. The van der Waals surface area contributed by atoms with E-state index in [1.165, 1.54) is 12.1 Å². The Kier molecular flexibility index (Phi) is 6.53. The van der Waals surface area contributed by atoms with Crippen molar-refractivity contribution in [3.63, 3.8) is 0 Å². The van der Waals surface area contributed by atoms with Crippen molar-refractivity contribution in [3.05, 3.63) is 35.6 Å². The number of carbonyl (C=O) groups excluding carboxylic acids is 2. The molecule has 0 aromatic heterocycles. The molecule has 1 aromatic carbocycles. The van der Waals surface area contributed by atoms with Gasteiger partial charge >= 0.3 is 0 Å². The average molecular weight is 349 g/mol. The Morgan fingerprint density at radius 3 is 2.48 bits per heavy atom. The molecule has 1 aliphatic rings. The normalized spacial score (nSPS) is 19.2. The third kappa shape index (κ3) is 5.26. The van der Waals surface area contributed by atoms with Gasteiger partial charge in [0.05, 0.1) is 6.54 Å². The maximum Gasteiger partial charge on any atom is 0.236 e. The Balaban J connectivity index is 2.15. The highest BCUT2D eigenvalue weighted by Gasteiger charge is 2.32. The Labute approximate surface area is 149 Å². The van der Waals surface area contributed by atoms with Gasteiger partial charge in [-0.3, -0.25) is 14.5 Å². The first-order valence-electron chi connectivity index (χ1n) is 8.74. The minimum atomic E-state index is -0.278. The SMILES string of the molecule is CC(C)[C@@H]1CN(CC(=O)N(C)C)CCC(=O)N1Cc1ccc(F)cc1. The largest absolute Gasteiger partial charge is 0.348 e. The van der Waals surface area contributed by atoms with Crippen molar-refractivity contribution in [2.75, 3.05) is 33.7 Å². The standard InChI is InChI=1S/C19H28FN3O2/c1-14(2)17-12-22(13-19(25)21(3)4)10-9-18(24)23(17)11-15-5-7-16(20)8-6-15/h5-8,14,17H,9-13H2,1-4H3/t17-/m0/s1. The van der Waals surface area contributed by atoms with E-state index in [1.54, 1.807) is 31.1 Å². The second kappa shape index (κ2) is 8.43. The zero-order chi connectivity index (χ0) is 18.6. The van der Waals surface area contributed by atoms with E-state index in [2.05, 4.69) is 18.7 Å². The summed E-state index contributed by atoms with van der Waals surface area (Å²) in [4.78, 5) is 30.3. The molecule has 5 nitrogen and oxygen atoms in total. The van der Waals surface area contributed by atoms with Crippen LogP contribution in [0.5, 0.6) is 0 Å². The fourth-order valence-corrected chi connectivity index (χ4v) is 3.08. The van der Waals surface area contributed by atoms with E-state index in [-0.39, 0.29) is 29.6 Å². The number of carbonyl (C=O) groups is 2. The van der Waals surface area contributed by atoms with Gasteiger partial charge < -0.3 is 9.80 Å². The van der Waals surface area contributed by atoms with Crippen LogP contribution in [0.4, 0.5) is 4.39 Å². The summed E-state index contributed by atoms with van der Waals surface area (Å²) >= 11 is 0. The van der Waals surface area contributed by atoms with Crippen LogP contribution in [0.2, 0.25) is 0 Å². The predicted molar refractivity (Wildman–Crippen MR) is 95.3 cm³/mol. The number of likely N-dealkylation sites (N-methyl/N-ethyl adjacent to an activating group) is 1. The van der Waals surface area contributed by atoms with Crippen LogP contribution in [0.3, 0.4) is 0 Å². The Hall–Kier alpha value is -1.95. The number of halogens is 1. The van der Waals surface area contributed by atoms with Gasteiger partial charge in [0.2, 0.25) is 11.8 Å². The van der Waals surface area contributed by atoms with Gasteiger partial charge in [0, 0.05) is 46.2 Å². The molecule has 2 rings (SSSR count). The van der Waals surface area contributed by atoms with Gasteiger partial charge in [0.15, 0.2) is 0 Å². The summed E-state index contributed by atoms with van der Waals surface area (Å²) < 4.78 is 13.1. The predicted octanol–water partition coefficient (Wildman–Crippen LogP) is 1.97. The van der Waals surface area contributed by atoms with Gasteiger partial charge in [-0.1, -0.05) is 26.0 Å². The van der Waals surface area contributed by atoms with E-state index in [4.69, 9.17) is 0 Å². The third-order valence-corrected chi connectivity index (χ3v) is 4.70. The van der Waals surface area contributed by atoms with E-state index in [9.17, 15) is 14.0 Å². The number of hydrogen-bond acceptors (Lipinski definition) is 3. The quantitative estimate of drug-likeness (QED) is 0.816. The summed E-state index contributed by atoms with van der Waals surface area (Å²) in [5.74, 6) is 0.115. The van der Waals surface area contributed by atoms with Gasteiger partial charge in [-0.05, 0) is 23.6 Å². The van der Waals surface area contributed by atoms with E-state index in [0.29, 0.717) is 32.6 Å². The van der Waals surface area contributed by atoms with Crippen LogP contribution < -0.4 is 0 Å². The minimum absolute atomic E-state index is 0.0232. The van der Waals surface area contributed by atoms with Crippen LogP contribution in [0.1, 0.15) is 25.8 Å². The molecule has 1 saturated heterocycles.